The summed E-state index contributed by atoms with van der Waals surface area (Å²) in [5, 5.41) is 1.51. The third-order valence-corrected chi connectivity index (χ3v) is 8.56. The van der Waals surface area contributed by atoms with E-state index in [1.165, 1.54) is 11.1 Å². The Kier molecular flexibility index (Phi) is 8.98. The number of rotatable bonds is 7. The summed E-state index contributed by atoms with van der Waals surface area (Å²) in [6, 6.07) is 5.44. The van der Waals surface area contributed by atoms with Crippen LogP contribution in [0.1, 0.15) is 26.3 Å². The molecule has 0 bridgehead atoms. The molecule has 0 radical (unpaired) electrons. The Bertz CT molecular complexity index is 1940. The fourth-order valence-corrected chi connectivity index (χ4v) is 5.96. The van der Waals surface area contributed by atoms with Crippen molar-refractivity contribution in [2.24, 2.45) is 5.41 Å². The van der Waals surface area contributed by atoms with E-state index in [0.717, 1.165) is 43.9 Å². The number of carbonyl (C=O) groups is 1. The highest BCUT2D eigenvalue weighted by atomic mass is 32.2. The van der Waals surface area contributed by atoms with Gasteiger partial charge in [-0.1, -0.05) is 0 Å². The van der Waals surface area contributed by atoms with Crippen molar-refractivity contribution in [3.8, 4) is 17.0 Å². The number of carbonyl (C=O) groups excluding carboxylic acids is 1. The zero-order valence-corrected chi connectivity index (χ0v) is 26.3. The van der Waals surface area contributed by atoms with Gasteiger partial charge >= 0.3 is 12.1 Å². The molecule has 250 valence electrons. The number of halogens is 5. The molecule has 0 spiro atoms. The number of piperazine rings is 1. The molecule has 0 saturated carbocycles. The van der Waals surface area contributed by atoms with Gasteiger partial charge in [-0.2, -0.15) is 13.2 Å². The maximum absolute atomic E-state index is 14.4. The molecular weight excluding hydrogens is 651 g/mol. The number of hydrogen-bond acceptors (Lipinski definition) is 10. The van der Waals surface area contributed by atoms with Crippen molar-refractivity contribution in [3.63, 3.8) is 0 Å². The Labute approximate surface area is 266 Å². The van der Waals surface area contributed by atoms with Gasteiger partial charge in [-0.25, -0.2) is 36.9 Å². The predicted molar refractivity (Wildman–Crippen MR) is 161 cm³/mol. The van der Waals surface area contributed by atoms with Gasteiger partial charge in [0.2, 0.25) is 5.88 Å². The molecule has 1 aliphatic heterocycles. The van der Waals surface area contributed by atoms with Gasteiger partial charge in [0.05, 0.1) is 42.4 Å². The maximum Gasteiger partial charge on any atom is 0.418 e. The zero-order valence-electron chi connectivity index (χ0n) is 25.5. The van der Waals surface area contributed by atoms with Crippen molar-refractivity contribution >= 4 is 38.4 Å². The number of benzene rings is 2. The predicted octanol–water partition coefficient (Wildman–Crippen LogP) is 5.42. The Morgan fingerprint density at radius 2 is 1.64 bits per heavy atom. The number of anilines is 2. The molecule has 3 heterocycles. The van der Waals surface area contributed by atoms with Crippen LogP contribution in [0.15, 0.2) is 53.8 Å². The molecule has 47 heavy (non-hydrogen) atoms. The summed E-state index contributed by atoms with van der Waals surface area (Å²) >= 11 is 0. The third kappa shape index (κ3) is 7.20. The van der Waals surface area contributed by atoms with Crippen LogP contribution in [0.3, 0.4) is 0 Å². The van der Waals surface area contributed by atoms with Gasteiger partial charge < -0.3 is 14.5 Å². The molecule has 0 unspecified atom stereocenters. The van der Waals surface area contributed by atoms with Crippen LogP contribution in [0.25, 0.3) is 22.0 Å². The van der Waals surface area contributed by atoms with Crippen LogP contribution in [0.2, 0.25) is 0 Å². The summed E-state index contributed by atoms with van der Waals surface area (Å²) < 4.78 is 105. The number of nitrogens with zero attached hydrogens (tertiary/aromatic N) is 5. The molecule has 4 aromatic rings. The second-order valence-electron chi connectivity index (χ2n) is 11.6. The summed E-state index contributed by atoms with van der Waals surface area (Å²) in [4.78, 5) is 31.1. The van der Waals surface area contributed by atoms with Crippen LogP contribution in [0.4, 0.5) is 33.5 Å². The summed E-state index contributed by atoms with van der Waals surface area (Å²) in [5.41, 5.74) is -2.90. The number of ether oxygens (including phenoxy) is 1. The maximum atomic E-state index is 14.4. The lowest BCUT2D eigenvalue weighted by atomic mass is 9.98. The van der Waals surface area contributed by atoms with Gasteiger partial charge in [-0.05, 0) is 56.7 Å². The van der Waals surface area contributed by atoms with Crippen LogP contribution >= 0.6 is 0 Å². The molecule has 0 atom stereocenters. The molecule has 2 aromatic carbocycles. The molecule has 0 aliphatic carbocycles. The van der Waals surface area contributed by atoms with E-state index in [9.17, 15) is 35.2 Å². The quantitative estimate of drug-likeness (QED) is 0.253. The van der Waals surface area contributed by atoms with Crippen molar-refractivity contribution in [1.82, 2.24) is 20.0 Å². The fourth-order valence-electron chi connectivity index (χ4n) is 4.74. The fraction of sp³-hybridized carbons (Fsp3) is 0.333. The van der Waals surface area contributed by atoms with Gasteiger partial charge in [0.25, 0.3) is 10.0 Å². The first-order valence-electron chi connectivity index (χ1n) is 14.1. The van der Waals surface area contributed by atoms with Crippen LogP contribution in [-0.2, 0) is 25.8 Å². The highest BCUT2D eigenvalue weighted by molar-refractivity contribution is 7.92. The van der Waals surface area contributed by atoms with Gasteiger partial charge in [0, 0.05) is 36.3 Å². The van der Waals surface area contributed by atoms with E-state index in [-0.39, 0.29) is 54.0 Å². The molecule has 1 saturated heterocycles. The average molecular weight is 681 g/mol. The van der Waals surface area contributed by atoms with E-state index < -0.39 is 61.2 Å². The molecule has 1 fully saturated rings. The van der Waals surface area contributed by atoms with Gasteiger partial charge in [0.1, 0.15) is 28.7 Å². The monoisotopic (exact) mass is 680 g/mol. The minimum Gasteiger partial charge on any atom is -0.480 e. The number of fused-ring (bicyclic) bond motifs is 1. The number of sulfonamides is 1. The summed E-state index contributed by atoms with van der Waals surface area (Å²) in [6.45, 7) is 6.17. The topological polar surface area (TPSA) is 127 Å². The highest BCUT2D eigenvalue weighted by Crippen LogP contribution is 2.40. The van der Waals surface area contributed by atoms with Gasteiger partial charge in [-0.3, -0.25) is 4.72 Å². The number of nitrogens with one attached hydrogen (secondary N) is 1. The Morgan fingerprint density at radius 3 is 2.26 bits per heavy atom. The van der Waals surface area contributed by atoms with Crippen molar-refractivity contribution in [1.29, 1.82) is 0 Å². The SMILES string of the molecule is COc1ncc(-c2cc(C(F)(F)F)c3ncnc(N4CCN(OC(=O)C(C)(C)C)CC4)c3c2)cc1S(=O)(=O)Nc1ccc(F)cc1F. The lowest BCUT2D eigenvalue weighted by molar-refractivity contribution is -0.201. The number of alkyl halides is 3. The zero-order chi connectivity index (χ0) is 34.3. The van der Waals surface area contributed by atoms with E-state index in [1.807, 2.05) is 4.72 Å². The second kappa shape index (κ2) is 12.5. The summed E-state index contributed by atoms with van der Waals surface area (Å²) in [7, 11) is -3.52. The van der Waals surface area contributed by atoms with E-state index in [1.54, 1.807) is 25.7 Å². The number of methoxy groups -OCH3 is 1. The molecule has 2 aromatic heterocycles. The molecular formula is C30H29F5N6O5S. The average Bonchev–Trinajstić information content (AvgIpc) is 3.00. The second-order valence-corrected chi connectivity index (χ2v) is 13.3. The summed E-state index contributed by atoms with van der Waals surface area (Å²) in [5.74, 6) is -2.79. The van der Waals surface area contributed by atoms with Crippen molar-refractivity contribution in [2.75, 3.05) is 42.9 Å². The molecule has 5 rings (SSSR count). The van der Waals surface area contributed by atoms with E-state index >= 15 is 0 Å². The first-order chi connectivity index (χ1) is 22.0. The van der Waals surface area contributed by atoms with E-state index in [0.29, 0.717) is 6.07 Å². The van der Waals surface area contributed by atoms with Crippen LogP contribution in [0, 0.1) is 17.0 Å². The minimum absolute atomic E-state index is 0.0317. The Hall–Kier alpha value is -4.64. The van der Waals surface area contributed by atoms with Crippen molar-refractivity contribution in [2.45, 2.75) is 31.8 Å². The Balaban J connectivity index is 1.56. The molecule has 1 aliphatic rings. The number of pyridine rings is 1. The third-order valence-electron chi connectivity index (χ3n) is 7.20. The smallest absolute Gasteiger partial charge is 0.418 e. The minimum atomic E-state index is -4.86. The van der Waals surface area contributed by atoms with Crippen molar-refractivity contribution in [3.05, 3.63) is 66.1 Å². The van der Waals surface area contributed by atoms with Crippen molar-refractivity contribution < 1.29 is 44.7 Å². The standard InChI is InChI=1S/C30H29F5N6O5S/c1-29(2,3)28(42)46-41-9-7-40(8-10-41)26-20-11-17(12-21(30(33,34)35)25(20)37-16-38-26)18-13-24(27(45-4)36-15-18)47(43,44)39-23-6-5-19(31)14-22(23)32/h5-6,11-16,39H,7-10H2,1-4H3. The lowest BCUT2D eigenvalue weighted by Gasteiger charge is -2.35. The molecule has 0 amide bonds. The number of hydrogen-bond donors (Lipinski definition) is 1. The normalized spacial score (nSPS) is 14.7. The van der Waals surface area contributed by atoms with Crippen LogP contribution in [0.5, 0.6) is 5.88 Å². The first kappa shape index (κ1) is 33.7. The van der Waals surface area contributed by atoms with E-state index in [4.69, 9.17) is 9.57 Å². The summed E-state index contributed by atoms with van der Waals surface area (Å²) in [6.07, 6.45) is -2.71. The van der Waals surface area contributed by atoms with Gasteiger partial charge in [0.15, 0.2) is 0 Å². The molecule has 1 N–H and O–H groups in total. The largest absolute Gasteiger partial charge is 0.480 e. The Morgan fingerprint density at radius 1 is 0.936 bits per heavy atom. The van der Waals surface area contributed by atoms with E-state index in [2.05, 4.69) is 15.0 Å². The highest BCUT2D eigenvalue weighted by Gasteiger charge is 2.36. The lowest BCUT2D eigenvalue weighted by Crippen LogP contribution is -2.48. The molecule has 17 heteroatoms. The number of hydroxylamine groups is 2. The molecule has 11 nitrogen and oxygen atoms in total. The van der Waals surface area contributed by atoms with Crippen LogP contribution in [-0.4, -0.2) is 67.7 Å². The van der Waals surface area contributed by atoms with Gasteiger partial charge in [-0.15, -0.1) is 5.06 Å². The number of aromatic nitrogens is 3. The van der Waals surface area contributed by atoms with Crippen LogP contribution < -0.4 is 14.4 Å². The first-order valence-corrected chi connectivity index (χ1v) is 15.6.